The molecule has 0 aromatic heterocycles. The molecule has 0 aromatic rings. The molecule has 1 aliphatic heterocycles. The molecule has 0 spiro atoms. The summed E-state index contributed by atoms with van der Waals surface area (Å²) in [6.07, 6.45) is 7.41. The highest BCUT2D eigenvalue weighted by atomic mass is 14.9. The fourth-order valence-electron chi connectivity index (χ4n) is 2.78. The minimum absolute atomic E-state index is 1.08. The van der Waals surface area contributed by atoms with Crippen molar-refractivity contribution in [2.45, 2.75) is 38.5 Å². The molecular weight excluding hydrogens is 300 g/mol. The molecule has 0 aliphatic carbocycles. The molecule has 0 saturated carbocycles. The molecular formula is C18H42N6. The molecule has 0 atom stereocenters. The predicted molar refractivity (Wildman–Crippen MR) is 105 cm³/mol. The van der Waals surface area contributed by atoms with Crippen LogP contribution in [0.25, 0.3) is 0 Å². The van der Waals surface area contributed by atoms with Gasteiger partial charge in [0.15, 0.2) is 0 Å². The Morgan fingerprint density at radius 1 is 0.208 bits per heavy atom. The van der Waals surface area contributed by atoms with Crippen LogP contribution in [-0.2, 0) is 0 Å². The van der Waals surface area contributed by atoms with E-state index in [0.29, 0.717) is 0 Å². The summed E-state index contributed by atoms with van der Waals surface area (Å²) >= 11 is 0. The van der Waals surface area contributed by atoms with E-state index >= 15 is 0 Å². The summed E-state index contributed by atoms with van der Waals surface area (Å²) in [7, 11) is 0. The van der Waals surface area contributed by atoms with Gasteiger partial charge in [-0.05, 0) is 104 Å². The van der Waals surface area contributed by atoms with E-state index in [2.05, 4.69) is 31.9 Å². The monoisotopic (exact) mass is 342 g/mol. The molecule has 24 heavy (non-hydrogen) atoms. The van der Waals surface area contributed by atoms with Crippen LogP contribution < -0.4 is 31.9 Å². The zero-order chi connectivity index (χ0) is 17.0. The van der Waals surface area contributed by atoms with Crippen LogP contribution in [0.15, 0.2) is 0 Å². The lowest BCUT2D eigenvalue weighted by Gasteiger charge is -2.09. The van der Waals surface area contributed by atoms with Crippen LogP contribution in [-0.4, -0.2) is 78.5 Å². The molecule has 0 bridgehead atoms. The third kappa shape index (κ3) is 16.6. The van der Waals surface area contributed by atoms with Gasteiger partial charge in [-0.2, -0.15) is 0 Å². The average molecular weight is 343 g/mol. The van der Waals surface area contributed by atoms with Crippen LogP contribution >= 0.6 is 0 Å². The van der Waals surface area contributed by atoms with Crippen LogP contribution in [0.1, 0.15) is 38.5 Å². The van der Waals surface area contributed by atoms with E-state index in [-0.39, 0.29) is 0 Å². The van der Waals surface area contributed by atoms with Crippen LogP contribution in [0.3, 0.4) is 0 Å². The quantitative estimate of drug-likeness (QED) is 0.369. The Bertz CT molecular complexity index is 130. The van der Waals surface area contributed by atoms with Gasteiger partial charge < -0.3 is 31.9 Å². The van der Waals surface area contributed by atoms with E-state index in [1.54, 1.807) is 0 Å². The predicted octanol–water partition coefficient (Wildman–Crippen LogP) is -0.122. The van der Waals surface area contributed by atoms with Gasteiger partial charge in [-0.1, -0.05) is 0 Å². The van der Waals surface area contributed by atoms with Crippen LogP contribution in [0.4, 0.5) is 0 Å². The highest BCUT2D eigenvalue weighted by Crippen LogP contribution is 1.85. The molecule has 1 rings (SSSR count). The molecule has 1 fully saturated rings. The van der Waals surface area contributed by atoms with Crippen molar-refractivity contribution in [1.82, 2.24) is 31.9 Å². The minimum atomic E-state index is 1.08. The fraction of sp³-hybridized carbons (Fsp3) is 1.00. The molecule has 6 nitrogen and oxygen atoms in total. The third-order valence-electron chi connectivity index (χ3n) is 4.26. The minimum Gasteiger partial charge on any atom is -0.317 e. The number of hydrogen-bond acceptors (Lipinski definition) is 6. The highest BCUT2D eigenvalue weighted by molar-refractivity contribution is 4.58. The molecule has 0 radical (unpaired) electrons. The van der Waals surface area contributed by atoms with Gasteiger partial charge in [0.25, 0.3) is 0 Å². The lowest BCUT2D eigenvalue weighted by atomic mass is 10.3. The Labute approximate surface area is 149 Å². The SMILES string of the molecule is C1CCNCCNCCCNCCCNCCCNCCCNC1. The third-order valence-corrected chi connectivity index (χ3v) is 4.26. The Hall–Kier alpha value is -0.240. The van der Waals surface area contributed by atoms with Gasteiger partial charge in [0.1, 0.15) is 0 Å². The topological polar surface area (TPSA) is 72.2 Å². The second-order valence-corrected chi connectivity index (χ2v) is 6.62. The second-order valence-electron chi connectivity index (χ2n) is 6.62. The first-order valence-electron chi connectivity index (χ1n) is 10.2. The van der Waals surface area contributed by atoms with Crippen molar-refractivity contribution in [3.8, 4) is 0 Å². The van der Waals surface area contributed by atoms with E-state index in [0.717, 1.165) is 78.5 Å². The number of hydrogen-bond donors (Lipinski definition) is 6. The van der Waals surface area contributed by atoms with Gasteiger partial charge in [-0.15, -0.1) is 0 Å². The molecule has 0 aromatic carbocycles. The van der Waals surface area contributed by atoms with Gasteiger partial charge in [0, 0.05) is 13.1 Å². The van der Waals surface area contributed by atoms with Crippen molar-refractivity contribution < 1.29 is 0 Å². The van der Waals surface area contributed by atoms with Crippen molar-refractivity contribution in [2.75, 3.05) is 78.5 Å². The highest BCUT2D eigenvalue weighted by Gasteiger charge is 1.94. The fourth-order valence-corrected chi connectivity index (χ4v) is 2.78. The maximum atomic E-state index is 3.54. The molecule has 1 saturated heterocycles. The molecule has 1 aliphatic rings. The van der Waals surface area contributed by atoms with Gasteiger partial charge in [-0.3, -0.25) is 0 Å². The molecule has 1 heterocycles. The van der Waals surface area contributed by atoms with Crippen molar-refractivity contribution in [1.29, 1.82) is 0 Å². The van der Waals surface area contributed by atoms with Crippen molar-refractivity contribution >= 4 is 0 Å². The molecule has 6 heteroatoms. The van der Waals surface area contributed by atoms with E-state index in [9.17, 15) is 0 Å². The van der Waals surface area contributed by atoms with Gasteiger partial charge in [0.2, 0.25) is 0 Å². The maximum absolute atomic E-state index is 3.54. The standard InChI is InChI=1S/C18H42N6/c1-2-8-23-17-18-24-16-6-15-22-14-5-13-21-12-4-11-20-10-3-9-19-7-1/h19-24H,1-18H2. The summed E-state index contributed by atoms with van der Waals surface area (Å²) in [6.45, 7) is 13.5. The molecule has 0 unspecified atom stereocenters. The van der Waals surface area contributed by atoms with Gasteiger partial charge >= 0.3 is 0 Å². The molecule has 6 N–H and O–H groups in total. The van der Waals surface area contributed by atoms with E-state index < -0.39 is 0 Å². The van der Waals surface area contributed by atoms with Crippen molar-refractivity contribution in [3.63, 3.8) is 0 Å². The van der Waals surface area contributed by atoms with E-state index in [4.69, 9.17) is 0 Å². The first-order valence-corrected chi connectivity index (χ1v) is 10.2. The average Bonchev–Trinajstić information content (AvgIpc) is 2.59. The van der Waals surface area contributed by atoms with Crippen LogP contribution in [0.2, 0.25) is 0 Å². The first kappa shape index (κ1) is 21.8. The van der Waals surface area contributed by atoms with Crippen LogP contribution in [0.5, 0.6) is 0 Å². The summed E-state index contributed by atoms with van der Waals surface area (Å²) in [5.41, 5.74) is 0. The van der Waals surface area contributed by atoms with Gasteiger partial charge in [0.05, 0.1) is 0 Å². The summed E-state index contributed by atoms with van der Waals surface area (Å²) in [6, 6.07) is 0. The Morgan fingerprint density at radius 2 is 0.417 bits per heavy atom. The lowest BCUT2D eigenvalue weighted by Crippen LogP contribution is -2.31. The van der Waals surface area contributed by atoms with Crippen LogP contribution in [0, 0.1) is 0 Å². The largest absolute Gasteiger partial charge is 0.317 e. The Morgan fingerprint density at radius 3 is 0.708 bits per heavy atom. The first-order chi connectivity index (χ1) is 12.0. The van der Waals surface area contributed by atoms with Crippen molar-refractivity contribution in [2.24, 2.45) is 0 Å². The lowest BCUT2D eigenvalue weighted by molar-refractivity contribution is 0.527. The normalized spacial score (nSPS) is 24.0. The summed E-state index contributed by atoms with van der Waals surface area (Å²) < 4.78 is 0. The zero-order valence-corrected chi connectivity index (χ0v) is 15.7. The van der Waals surface area contributed by atoms with E-state index in [1.807, 2.05) is 0 Å². The second kappa shape index (κ2) is 19.1. The maximum Gasteiger partial charge on any atom is 0.00767 e. The molecule has 144 valence electrons. The van der Waals surface area contributed by atoms with Gasteiger partial charge in [-0.25, -0.2) is 0 Å². The smallest absolute Gasteiger partial charge is 0.00767 e. The summed E-state index contributed by atoms with van der Waals surface area (Å²) in [4.78, 5) is 0. The van der Waals surface area contributed by atoms with Crippen molar-refractivity contribution in [3.05, 3.63) is 0 Å². The van der Waals surface area contributed by atoms with E-state index in [1.165, 1.54) is 38.5 Å². The summed E-state index contributed by atoms with van der Waals surface area (Å²) in [5, 5.41) is 21.1. The Balaban J connectivity index is 2.00. The molecule has 0 amide bonds. The summed E-state index contributed by atoms with van der Waals surface area (Å²) in [5.74, 6) is 0. The zero-order valence-electron chi connectivity index (χ0n) is 15.7. The number of nitrogens with one attached hydrogen (secondary N) is 6. The number of rotatable bonds is 0. The Kier molecular flexibility index (Phi) is 17.3.